The summed E-state index contributed by atoms with van der Waals surface area (Å²) in [6.45, 7) is 1.49. The molecule has 5 nitrogen and oxygen atoms in total. The van der Waals surface area contributed by atoms with Crippen molar-refractivity contribution in [2.24, 2.45) is 0 Å². The molecule has 1 atom stereocenters. The van der Waals surface area contributed by atoms with Gasteiger partial charge in [0.05, 0.1) is 11.1 Å². The van der Waals surface area contributed by atoms with Crippen LogP contribution < -0.4 is 0 Å². The van der Waals surface area contributed by atoms with Crippen LogP contribution >= 0.6 is 0 Å². The highest BCUT2D eigenvalue weighted by molar-refractivity contribution is 5.99. The molecule has 114 valence electrons. The van der Waals surface area contributed by atoms with Crippen molar-refractivity contribution in [1.29, 1.82) is 0 Å². The lowest BCUT2D eigenvalue weighted by Gasteiger charge is -2.26. The standard InChI is InChI=1S/C16H15FN2O3/c1-9(16(21)22)19(13-3-4-13)15(20)11-6-10-7-12(17)2-5-14(10)18-8-11/h2,5-9,13H,3-4H2,1H3,(H,21,22). The zero-order valence-corrected chi connectivity index (χ0v) is 12.0. The average molecular weight is 302 g/mol. The van der Waals surface area contributed by atoms with Crippen LogP contribution in [0, 0.1) is 5.82 Å². The number of aliphatic carboxylic acids is 1. The second-order valence-corrected chi connectivity index (χ2v) is 5.52. The van der Waals surface area contributed by atoms with Gasteiger partial charge in [0.15, 0.2) is 0 Å². The van der Waals surface area contributed by atoms with Crippen LogP contribution in [0.3, 0.4) is 0 Å². The van der Waals surface area contributed by atoms with Gasteiger partial charge in [-0.15, -0.1) is 0 Å². The number of hydrogen-bond acceptors (Lipinski definition) is 3. The number of nitrogens with zero attached hydrogens (tertiary/aromatic N) is 2. The number of pyridine rings is 1. The fraction of sp³-hybridized carbons (Fsp3) is 0.312. The molecular formula is C16H15FN2O3. The SMILES string of the molecule is CC(C(=O)O)N(C(=O)c1cnc2ccc(F)cc2c1)C1CC1. The summed E-state index contributed by atoms with van der Waals surface area (Å²) in [5.74, 6) is -1.83. The van der Waals surface area contributed by atoms with E-state index in [2.05, 4.69) is 4.98 Å². The first-order chi connectivity index (χ1) is 10.5. The molecule has 1 fully saturated rings. The number of carboxylic acid groups (broad SMARTS) is 1. The van der Waals surface area contributed by atoms with Crippen molar-refractivity contribution in [2.45, 2.75) is 31.8 Å². The number of carbonyl (C=O) groups is 2. The van der Waals surface area contributed by atoms with Gasteiger partial charge >= 0.3 is 5.97 Å². The van der Waals surface area contributed by atoms with E-state index >= 15 is 0 Å². The van der Waals surface area contributed by atoms with Crippen LogP contribution in [-0.2, 0) is 4.79 Å². The van der Waals surface area contributed by atoms with Crippen LogP contribution in [0.5, 0.6) is 0 Å². The smallest absolute Gasteiger partial charge is 0.326 e. The summed E-state index contributed by atoms with van der Waals surface area (Å²) in [6, 6.07) is 4.76. The highest BCUT2D eigenvalue weighted by Gasteiger charge is 2.38. The lowest BCUT2D eigenvalue weighted by molar-refractivity contribution is -0.141. The molecule has 1 aliphatic carbocycles. The second-order valence-electron chi connectivity index (χ2n) is 5.52. The van der Waals surface area contributed by atoms with Crippen molar-refractivity contribution in [3.8, 4) is 0 Å². The third-order valence-corrected chi connectivity index (χ3v) is 3.84. The van der Waals surface area contributed by atoms with Crippen molar-refractivity contribution >= 4 is 22.8 Å². The van der Waals surface area contributed by atoms with Gasteiger partial charge in [-0.25, -0.2) is 9.18 Å². The van der Waals surface area contributed by atoms with E-state index in [9.17, 15) is 19.1 Å². The van der Waals surface area contributed by atoms with E-state index in [1.807, 2.05) is 0 Å². The number of benzene rings is 1. The Morgan fingerprint density at radius 1 is 1.36 bits per heavy atom. The zero-order valence-electron chi connectivity index (χ0n) is 12.0. The van der Waals surface area contributed by atoms with Gasteiger partial charge in [-0.1, -0.05) is 0 Å². The number of carboxylic acids is 1. The van der Waals surface area contributed by atoms with E-state index in [4.69, 9.17) is 0 Å². The molecule has 0 saturated heterocycles. The van der Waals surface area contributed by atoms with E-state index < -0.39 is 17.8 Å². The largest absolute Gasteiger partial charge is 0.480 e. The van der Waals surface area contributed by atoms with Gasteiger partial charge in [-0.2, -0.15) is 0 Å². The summed E-state index contributed by atoms with van der Waals surface area (Å²) < 4.78 is 13.3. The maximum absolute atomic E-state index is 13.3. The molecule has 0 bridgehead atoms. The second kappa shape index (κ2) is 5.36. The molecule has 1 aromatic carbocycles. The van der Waals surface area contributed by atoms with Gasteiger partial charge in [0.25, 0.3) is 5.91 Å². The van der Waals surface area contributed by atoms with Gasteiger partial charge in [-0.3, -0.25) is 9.78 Å². The van der Waals surface area contributed by atoms with E-state index in [0.29, 0.717) is 10.9 Å². The van der Waals surface area contributed by atoms with Crippen LogP contribution in [0.15, 0.2) is 30.5 Å². The van der Waals surface area contributed by atoms with Crippen molar-refractivity contribution in [1.82, 2.24) is 9.88 Å². The quantitative estimate of drug-likeness (QED) is 0.941. The summed E-state index contributed by atoms with van der Waals surface area (Å²) >= 11 is 0. The molecular weight excluding hydrogens is 287 g/mol. The molecule has 0 aliphatic heterocycles. The number of amides is 1. The Morgan fingerprint density at radius 3 is 2.73 bits per heavy atom. The van der Waals surface area contributed by atoms with Gasteiger partial charge in [0.2, 0.25) is 0 Å². The Balaban J connectivity index is 1.97. The number of carbonyl (C=O) groups excluding carboxylic acids is 1. The molecule has 0 radical (unpaired) electrons. The first-order valence-corrected chi connectivity index (χ1v) is 7.08. The molecule has 6 heteroatoms. The lowest BCUT2D eigenvalue weighted by atomic mass is 10.1. The number of fused-ring (bicyclic) bond motifs is 1. The molecule has 1 N–H and O–H groups in total. The molecule has 22 heavy (non-hydrogen) atoms. The van der Waals surface area contributed by atoms with Crippen LogP contribution in [0.1, 0.15) is 30.1 Å². The Morgan fingerprint density at radius 2 is 2.09 bits per heavy atom. The van der Waals surface area contributed by atoms with Crippen molar-refractivity contribution < 1.29 is 19.1 Å². The fourth-order valence-electron chi connectivity index (χ4n) is 2.50. The zero-order chi connectivity index (χ0) is 15.9. The van der Waals surface area contributed by atoms with Crippen LogP contribution in [0.4, 0.5) is 4.39 Å². The number of halogens is 1. The summed E-state index contributed by atoms with van der Waals surface area (Å²) in [6.07, 6.45) is 3.02. The molecule has 1 unspecified atom stereocenters. The normalized spacial score (nSPS) is 15.5. The average Bonchev–Trinajstić information content (AvgIpc) is 3.31. The molecule has 1 saturated carbocycles. The van der Waals surface area contributed by atoms with Crippen molar-refractivity contribution in [2.75, 3.05) is 0 Å². The first-order valence-electron chi connectivity index (χ1n) is 7.08. The van der Waals surface area contributed by atoms with Gasteiger partial charge < -0.3 is 10.0 Å². The topological polar surface area (TPSA) is 70.5 Å². The summed E-state index contributed by atoms with van der Waals surface area (Å²) in [4.78, 5) is 29.4. The fourth-order valence-corrected chi connectivity index (χ4v) is 2.50. The third-order valence-electron chi connectivity index (χ3n) is 3.84. The Hall–Kier alpha value is -2.50. The Kier molecular flexibility index (Phi) is 3.52. The van der Waals surface area contributed by atoms with Gasteiger partial charge in [-0.05, 0) is 44.0 Å². The van der Waals surface area contributed by atoms with Gasteiger partial charge in [0.1, 0.15) is 11.9 Å². The Bertz CT molecular complexity index is 758. The van der Waals surface area contributed by atoms with E-state index in [0.717, 1.165) is 12.8 Å². The summed E-state index contributed by atoms with van der Waals surface area (Å²) in [5, 5.41) is 9.69. The molecule has 1 amide bonds. The van der Waals surface area contributed by atoms with Crippen LogP contribution in [0.25, 0.3) is 10.9 Å². The molecule has 1 aliphatic rings. The first kappa shape index (κ1) is 14.4. The molecule has 3 rings (SSSR count). The van der Waals surface area contributed by atoms with E-state index in [1.54, 1.807) is 6.07 Å². The maximum atomic E-state index is 13.3. The minimum Gasteiger partial charge on any atom is -0.480 e. The van der Waals surface area contributed by atoms with E-state index in [-0.39, 0.29) is 17.5 Å². The molecule has 1 heterocycles. The summed E-state index contributed by atoms with van der Waals surface area (Å²) in [7, 11) is 0. The maximum Gasteiger partial charge on any atom is 0.326 e. The van der Waals surface area contributed by atoms with Crippen LogP contribution in [-0.4, -0.2) is 39.0 Å². The number of hydrogen-bond donors (Lipinski definition) is 1. The Labute approximate surface area is 126 Å². The monoisotopic (exact) mass is 302 g/mol. The highest BCUT2D eigenvalue weighted by atomic mass is 19.1. The van der Waals surface area contributed by atoms with Gasteiger partial charge in [0, 0.05) is 17.6 Å². The number of aromatic nitrogens is 1. The van der Waals surface area contributed by atoms with Crippen LogP contribution in [0.2, 0.25) is 0 Å². The van der Waals surface area contributed by atoms with Crippen molar-refractivity contribution in [3.63, 3.8) is 0 Å². The highest BCUT2D eigenvalue weighted by Crippen LogP contribution is 2.30. The predicted octanol–water partition coefficient (Wildman–Crippen LogP) is 2.45. The summed E-state index contributed by atoms with van der Waals surface area (Å²) in [5.41, 5.74) is 0.861. The molecule has 0 spiro atoms. The third kappa shape index (κ3) is 2.64. The molecule has 1 aromatic heterocycles. The van der Waals surface area contributed by atoms with Crippen molar-refractivity contribution in [3.05, 3.63) is 41.8 Å². The lowest BCUT2D eigenvalue weighted by Crippen LogP contribution is -2.44. The minimum atomic E-state index is -1.04. The predicted molar refractivity (Wildman–Crippen MR) is 78.0 cm³/mol. The van der Waals surface area contributed by atoms with E-state index in [1.165, 1.54) is 36.2 Å². The minimum absolute atomic E-state index is 0.0400. The molecule has 2 aromatic rings. The number of rotatable bonds is 4.